The molecule has 2 amide bonds. The molecule has 25 heavy (non-hydrogen) atoms. The quantitative estimate of drug-likeness (QED) is 0.846. The number of fused-ring (bicyclic) bond motifs is 1. The Morgan fingerprint density at radius 3 is 2.68 bits per heavy atom. The van der Waals surface area contributed by atoms with Crippen LogP contribution in [0.5, 0.6) is 0 Å². The standard InChI is InChI=1S/C20H22N2O3/c1-13-7-8-16(11-14(13)2)22-20(24)19(23)21-12-18-17-6-4-3-5-15(17)9-10-25-18/h3-8,11,18H,9-10,12H2,1-2H3,(H,21,23)(H,22,24). The molecule has 0 aromatic heterocycles. The highest BCUT2D eigenvalue weighted by molar-refractivity contribution is 6.39. The molecule has 1 heterocycles. The predicted octanol–water partition coefficient (Wildman–Crippen LogP) is 2.67. The minimum Gasteiger partial charge on any atom is -0.371 e. The van der Waals surface area contributed by atoms with Crippen molar-refractivity contribution in [1.82, 2.24) is 5.32 Å². The number of hydrogen-bond donors (Lipinski definition) is 2. The van der Waals surface area contributed by atoms with Crippen LogP contribution in [0.15, 0.2) is 42.5 Å². The Balaban J connectivity index is 1.57. The second-order valence-electron chi connectivity index (χ2n) is 6.27. The third-order valence-corrected chi connectivity index (χ3v) is 4.51. The minimum absolute atomic E-state index is 0.219. The largest absolute Gasteiger partial charge is 0.371 e. The van der Waals surface area contributed by atoms with E-state index in [9.17, 15) is 9.59 Å². The lowest BCUT2D eigenvalue weighted by molar-refractivity contribution is -0.136. The number of hydrogen-bond acceptors (Lipinski definition) is 3. The molecule has 1 aliphatic rings. The van der Waals surface area contributed by atoms with Crippen molar-refractivity contribution < 1.29 is 14.3 Å². The van der Waals surface area contributed by atoms with Crippen LogP contribution in [0.3, 0.4) is 0 Å². The lowest BCUT2D eigenvalue weighted by Gasteiger charge is -2.26. The van der Waals surface area contributed by atoms with Gasteiger partial charge in [-0.15, -0.1) is 0 Å². The Morgan fingerprint density at radius 1 is 1.08 bits per heavy atom. The molecule has 130 valence electrons. The van der Waals surface area contributed by atoms with Crippen LogP contribution in [-0.2, 0) is 20.7 Å². The van der Waals surface area contributed by atoms with E-state index >= 15 is 0 Å². The van der Waals surface area contributed by atoms with Crippen molar-refractivity contribution in [3.05, 3.63) is 64.7 Å². The fourth-order valence-electron chi connectivity index (χ4n) is 2.92. The lowest BCUT2D eigenvalue weighted by atomic mass is 9.97. The number of anilines is 1. The van der Waals surface area contributed by atoms with Crippen LogP contribution in [0.2, 0.25) is 0 Å². The van der Waals surface area contributed by atoms with Gasteiger partial charge in [-0.25, -0.2) is 0 Å². The zero-order valence-electron chi connectivity index (χ0n) is 14.5. The zero-order chi connectivity index (χ0) is 17.8. The summed E-state index contributed by atoms with van der Waals surface area (Å²) in [7, 11) is 0. The van der Waals surface area contributed by atoms with E-state index in [0.29, 0.717) is 12.3 Å². The fourth-order valence-corrected chi connectivity index (χ4v) is 2.92. The molecule has 3 rings (SSSR count). The summed E-state index contributed by atoms with van der Waals surface area (Å²) in [6.45, 7) is 4.85. The second-order valence-corrected chi connectivity index (χ2v) is 6.27. The topological polar surface area (TPSA) is 67.4 Å². The molecule has 2 aromatic rings. The highest BCUT2D eigenvalue weighted by Crippen LogP contribution is 2.26. The molecule has 0 fully saturated rings. The first-order valence-corrected chi connectivity index (χ1v) is 8.40. The maximum atomic E-state index is 12.1. The first-order chi connectivity index (χ1) is 12.0. The van der Waals surface area contributed by atoms with Crippen LogP contribution in [0, 0.1) is 13.8 Å². The van der Waals surface area contributed by atoms with E-state index in [0.717, 1.165) is 23.1 Å². The van der Waals surface area contributed by atoms with Gasteiger partial charge in [0.1, 0.15) is 6.10 Å². The third kappa shape index (κ3) is 4.06. The molecule has 0 aliphatic carbocycles. The van der Waals surface area contributed by atoms with E-state index in [4.69, 9.17) is 4.74 Å². The monoisotopic (exact) mass is 338 g/mol. The maximum absolute atomic E-state index is 12.1. The average Bonchev–Trinajstić information content (AvgIpc) is 2.62. The number of benzene rings is 2. The minimum atomic E-state index is -0.674. The summed E-state index contributed by atoms with van der Waals surface area (Å²) >= 11 is 0. The van der Waals surface area contributed by atoms with Crippen LogP contribution in [-0.4, -0.2) is 25.0 Å². The molecular weight excluding hydrogens is 316 g/mol. The van der Waals surface area contributed by atoms with Crippen LogP contribution in [0.25, 0.3) is 0 Å². The van der Waals surface area contributed by atoms with Gasteiger partial charge in [0.15, 0.2) is 0 Å². The summed E-state index contributed by atoms with van der Waals surface area (Å²) in [6.07, 6.45) is 0.650. The molecule has 2 N–H and O–H groups in total. The first-order valence-electron chi connectivity index (χ1n) is 8.40. The van der Waals surface area contributed by atoms with Gasteiger partial charge in [0, 0.05) is 12.2 Å². The highest BCUT2D eigenvalue weighted by atomic mass is 16.5. The van der Waals surface area contributed by atoms with Crippen molar-refractivity contribution in [2.24, 2.45) is 0 Å². The summed E-state index contributed by atoms with van der Waals surface area (Å²) < 4.78 is 5.74. The van der Waals surface area contributed by atoms with Crippen molar-refractivity contribution in [3.8, 4) is 0 Å². The van der Waals surface area contributed by atoms with Gasteiger partial charge >= 0.3 is 11.8 Å². The van der Waals surface area contributed by atoms with Crippen molar-refractivity contribution in [1.29, 1.82) is 0 Å². The number of carbonyl (C=O) groups is 2. The summed E-state index contributed by atoms with van der Waals surface area (Å²) in [5.41, 5.74) is 5.11. The molecule has 0 spiro atoms. The number of amides is 2. The third-order valence-electron chi connectivity index (χ3n) is 4.51. The number of aryl methyl sites for hydroxylation is 2. The Bertz CT molecular complexity index is 801. The number of rotatable bonds is 3. The van der Waals surface area contributed by atoms with Crippen molar-refractivity contribution in [2.75, 3.05) is 18.5 Å². The molecule has 1 aliphatic heterocycles. The number of carbonyl (C=O) groups excluding carboxylic acids is 2. The van der Waals surface area contributed by atoms with Crippen LogP contribution < -0.4 is 10.6 Å². The van der Waals surface area contributed by atoms with E-state index in [-0.39, 0.29) is 12.6 Å². The van der Waals surface area contributed by atoms with E-state index < -0.39 is 11.8 Å². The molecule has 1 atom stereocenters. The predicted molar refractivity (Wildman–Crippen MR) is 96.4 cm³/mol. The van der Waals surface area contributed by atoms with E-state index in [1.165, 1.54) is 5.56 Å². The van der Waals surface area contributed by atoms with Gasteiger partial charge in [-0.05, 0) is 54.7 Å². The molecule has 5 heteroatoms. The summed E-state index contributed by atoms with van der Waals surface area (Å²) in [5, 5.41) is 5.29. The molecule has 1 unspecified atom stereocenters. The molecule has 0 saturated heterocycles. The van der Waals surface area contributed by atoms with Crippen LogP contribution >= 0.6 is 0 Å². The molecule has 2 aromatic carbocycles. The molecular formula is C20H22N2O3. The number of nitrogens with one attached hydrogen (secondary N) is 2. The Hall–Kier alpha value is -2.66. The zero-order valence-corrected chi connectivity index (χ0v) is 14.5. The molecule has 0 bridgehead atoms. The van der Waals surface area contributed by atoms with Crippen molar-refractivity contribution in [3.63, 3.8) is 0 Å². The van der Waals surface area contributed by atoms with E-state index in [1.54, 1.807) is 6.07 Å². The SMILES string of the molecule is Cc1ccc(NC(=O)C(=O)NCC2OCCc3ccccc32)cc1C. The maximum Gasteiger partial charge on any atom is 0.313 e. The molecule has 5 nitrogen and oxygen atoms in total. The smallest absolute Gasteiger partial charge is 0.313 e. The average molecular weight is 338 g/mol. The van der Waals surface area contributed by atoms with Gasteiger partial charge in [0.25, 0.3) is 0 Å². The van der Waals surface area contributed by atoms with Gasteiger partial charge in [-0.2, -0.15) is 0 Å². The Morgan fingerprint density at radius 2 is 1.88 bits per heavy atom. The first kappa shape index (κ1) is 17.2. The second kappa shape index (κ2) is 7.49. The lowest BCUT2D eigenvalue weighted by Crippen LogP contribution is -2.38. The van der Waals surface area contributed by atoms with E-state index in [1.807, 2.05) is 44.2 Å². The molecule has 0 saturated carbocycles. The van der Waals surface area contributed by atoms with Crippen molar-refractivity contribution >= 4 is 17.5 Å². The Labute approximate surface area is 147 Å². The summed E-state index contributed by atoms with van der Waals surface area (Å²) in [6, 6.07) is 13.6. The highest BCUT2D eigenvalue weighted by Gasteiger charge is 2.22. The summed E-state index contributed by atoms with van der Waals surface area (Å²) in [4.78, 5) is 24.1. The van der Waals surface area contributed by atoms with Crippen molar-refractivity contribution in [2.45, 2.75) is 26.4 Å². The van der Waals surface area contributed by atoms with E-state index in [2.05, 4.69) is 16.7 Å². The number of ether oxygens (including phenoxy) is 1. The van der Waals surface area contributed by atoms with Gasteiger partial charge in [0.05, 0.1) is 6.61 Å². The molecule has 0 radical (unpaired) electrons. The summed E-state index contributed by atoms with van der Waals surface area (Å²) in [5.74, 6) is -1.34. The van der Waals surface area contributed by atoms with Gasteiger partial charge < -0.3 is 15.4 Å². The Kier molecular flexibility index (Phi) is 5.14. The fraction of sp³-hybridized carbons (Fsp3) is 0.300. The van der Waals surface area contributed by atoms with Gasteiger partial charge in [-0.1, -0.05) is 30.3 Å². The van der Waals surface area contributed by atoms with Gasteiger partial charge in [-0.3, -0.25) is 9.59 Å². The van der Waals surface area contributed by atoms with Gasteiger partial charge in [0.2, 0.25) is 0 Å². The normalized spacial score (nSPS) is 16.0. The van der Waals surface area contributed by atoms with Crippen LogP contribution in [0.1, 0.15) is 28.4 Å². The van der Waals surface area contributed by atoms with Crippen LogP contribution in [0.4, 0.5) is 5.69 Å².